The topological polar surface area (TPSA) is 89.3 Å². The van der Waals surface area contributed by atoms with Crippen LogP contribution in [0.3, 0.4) is 0 Å². The van der Waals surface area contributed by atoms with Crippen LogP contribution in [-0.4, -0.2) is 22.7 Å². The van der Waals surface area contributed by atoms with Crippen molar-refractivity contribution in [1.82, 2.24) is 5.32 Å². The first kappa shape index (κ1) is 13.2. The lowest BCUT2D eigenvalue weighted by Crippen LogP contribution is -2.39. The van der Waals surface area contributed by atoms with Crippen LogP contribution in [0.15, 0.2) is 24.3 Å². The summed E-state index contributed by atoms with van der Waals surface area (Å²) in [6.45, 7) is 0. The Labute approximate surface area is 110 Å². The van der Waals surface area contributed by atoms with Gasteiger partial charge >= 0.3 is 0 Å². The molecule has 1 aliphatic heterocycles. The van der Waals surface area contributed by atoms with Gasteiger partial charge in [0.05, 0.1) is 16.5 Å². The van der Waals surface area contributed by atoms with Crippen molar-refractivity contribution >= 4 is 17.4 Å². The number of hydrogen-bond donors (Lipinski definition) is 1. The van der Waals surface area contributed by atoms with E-state index < -0.39 is 11.0 Å². The summed E-state index contributed by atoms with van der Waals surface area (Å²) in [4.78, 5) is 34.1. The highest BCUT2D eigenvalue weighted by Gasteiger charge is 2.28. The lowest BCUT2D eigenvalue weighted by atomic mass is 9.99. The summed E-state index contributed by atoms with van der Waals surface area (Å²) < 4.78 is 0. The Morgan fingerprint density at radius 2 is 2.05 bits per heavy atom. The highest BCUT2D eigenvalue weighted by molar-refractivity contribution is 6.04. The predicted octanol–water partition coefficient (Wildman–Crippen LogP) is 1.84. The van der Waals surface area contributed by atoms with Crippen molar-refractivity contribution in [3.05, 3.63) is 39.9 Å². The van der Waals surface area contributed by atoms with Crippen molar-refractivity contribution in [3.8, 4) is 0 Å². The molecule has 6 heteroatoms. The van der Waals surface area contributed by atoms with Gasteiger partial charge in [0.2, 0.25) is 5.91 Å². The maximum atomic E-state index is 12.3. The lowest BCUT2D eigenvalue weighted by Gasteiger charge is -2.14. The summed E-state index contributed by atoms with van der Waals surface area (Å²) in [6.07, 6.45) is 2.43. The molecule has 0 saturated carbocycles. The van der Waals surface area contributed by atoms with E-state index in [0.717, 1.165) is 12.8 Å². The number of nitrogens with one attached hydrogen (secondary N) is 1. The van der Waals surface area contributed by atoms with Crippen molar-refractivity contribution in [2.24, 2.45) is 0 Å². The van der Waals surface area contributed by atoms with Gasteiger partial charge < -0.3 is 5.32 Å². The summed E-state index contributed by atoms with van der Waals surface area (Å²) in [5.41, 5.74) is -0.161. The molecule has 6 nitrogen and oxygen atoms in total. The molecule has 0 radical (unpaired) electrons. The molecule has 0 aliphatic carbocycles. The Morgan fingerprint density at radius 1 is 1.32 bits per heavy atom. The fourth-order valence-corrected chi connectivity index (χ4v) is 2.20. The zero-order valence-electron chi connectivity index (χ0n) is 10.3. The van der Waals surface area contributed by atoms with Crippen LogP contribution in [-0.2, 0) is 4.79 Å². The van der Waals surface area contributed by atoms with E-state index in [-0.39, 0.29) is 22.9 Å². The summed E-state index contributed by atoms with van der Waals surface area (Å²) >= 11 is 0. The van der Waals surface area contributed by atoms with Crippen LogP contribution >= 0.6 is 0 Å². The summed E-state index contributed by atoms with van der Waals surface area (Å²) in [7, 11) is 0. The molecule has 2 rings (SSSR count). The smallest absolute Gasteiger partial charge is 0.280 e. The molecular weight excluding hydrogens is 248 g/mol. The van der Waals surface area contributed by atoms with Crippen molar-refractivity contribution < 1.29 is 14.5 Å². The van der Waals surface area contributed by atoms with Crippen molar-refractivity contribution in [1.29, 1.82) is 0 Å². The monoisotopic (exact) mass is 262 g/mol. The second-order valence-corrected chi connectivity index (χ2v) is 4.50. The predicted molar refractivity (Wildman–Crippen MR) is 67.8 cm³/mol. The summed E-state index contributed by atoms with van der Waals surface area (Å²) in [6, 6.07) is 5.17. The van der Waals surface area contributed by atoms with Gasteiger partial charge in [-0.2, -0.15) is 0 Å². The number of carbonyl (C=O) groups excluding carboxylic acids is 2. The highest BCUT2D eigenvalue weighted by atomic mass is 16.6. The van der Waals surface area contributed by atoms with Gasteiger partial charge in [0, 0.05) is 12.5 Å². The molecule has 1 atom stereocenters. The Bertz CT molecular complexity index is 527. The first-order valence-electron chi connectivity index (χ1n) is 6.16. The Morgan fingerprint density at radius 3 is 2.79 bits per heavy atom. The van der Waals surface area contributed by atoms with Crippen LogP contribution in [0.4, 0.5) is 5.69 Å². The number of nitro groups is 1. The van der Waals surface area contributed by atoms with E-state index in [1.165, 1.54) is 18.2 Å². The van der Waals surface area contributed by atoms with Crippen LogP contribution in [0.1, 0.15) is 36.0 Å². The minimum absolute atomic E-state index is 0.0553. The molecule has 0 aromatic heterocycles. The third kappa shape index (κ3) is 2.96. The number of Topliss-reactive ketones (excluding diaryl/α,β-unsaturated/α-hetero) is 1. The minimum Gasteiger partial charge on any atom is -0.346 e. The fourth-order valence-electron chi connectivity index (χ4n) is 2.20. The van der Waals surface area contributed by atoms with Gasteiger partial charge in [0.15, 0.2) is 5.78 Å². The molecule has 1 N–H and O–H groups in total. The molecule has 1 heterocycles. The van der Waals surface area contributed by atoms with E-state index in [9.17, 15) is 19.7 Å². The van der Waals surface area contributed by atoms with E-state index >= 15 is 0 Å². The van der Waals surface area contributed by atoms with E-state index in [0.29, 0.717) is 12.8 Å². The zero-order valence-corrected chi connectivity index (χ0v) is 10.3. The largest absolute Gasteiger partial charge is 0.346 e. The van der Waals surface area contributed by atoms with Crippen molar-refractivity contribution in [2.75, 3.05) is 0 Å². The normalized spacial score (nSPS) is 19.4. The number of rotatable bonds is 3. The van der Waals surface area contributed by atoms with E-state index in [4.69, 9.17) is 0 Å². The second kappa shape index (κ2) is 5.60. The number of nitrogens with zero attached hydrogens (tertiary/aromatic N) is 1. The summed E-state index contributed by atoms with van der Waals surface area (Å²) in [5, 5.41) is 13.5. The number of para-hydroxylation sites is 1. The number of ketones is 1. The molecule has 1 aromatic rings. The van der Waals surface area contributed by atoms with Gasteiger partial charge in [-0.05, 0) is 18.9 Å². The van der Waals surface area contributed by atoms with Gasteiger partial charge in [-0.3, -0.25) is 19.7 Å². The third-order valence-electron chi connectivity index (χ3n) is 3.16. The van der Waals surface area contributed by atoms with Crippen molar-refractivity contribution in [3.63, 3.8) is 0 Å². The highest BCUT2D eigenvalue weighted by Crippen LogP contribution is 2.21. The molecule has 100 valence electrons. The SMILES string of the molecule is O=C1CCCCC(C(=O)c2ccccc2[N+](=O)[O-])N1. The number of benzene rings is 1. The first-order chi connectivity index (χ1) is 9.09. The van der Waals surface area contributed by atoms with E-state index in [2.05, 4.69) is 5.32 Å². The molecule has 1 aliphatic rings. The van der Waals surface area contributed by atoms with Gasteiger partial charge in [0.25, 0.3) is 5.69 Å². The average molecular weight is 262 g/mol. The van der Waals surface area contributed by atoms with Crippen LogP contribution in [0, 0.1) is 10.1 Å². The molecule has 1 unspecified atom stereocenters. The fraction of sp³-hybridized carbons (Fsp3) is 0.385. The third-order valence-corrected chi connectivity index (χ3v) is 3.16. The van der Waals surface area contributed by atoms with E-state index in [1.807, 2.05) is 0 Å². The Balaban J connectivity index is 2.28. The van der Waals surface area contributed by atoms with Crippen LogP contribution < -0.4 is 5.32 Å². The van der Waals surface area contributed by atoms with Crippen LogP contribution in [0.25, 0.3) is 0 Å². The number of amides is 1. The first-order valence-corrected chi connectivity index (χ1v) is 6.16. The van der Waals surface area contributed by atoms with Gasteiger partial charge in [-0.15, -0.1) is 0 Å². The van der Waals surface area contributed by atoms with Crippen LogP contribution in [0.5, 0.6) is 0 Å². The van der Waals surface area contributed by atoms with Crippen LogP contribution in [0.2, 0.25) is 0 Å². The van der Waals surface area contributed by atoms with E-state index in [1.54, 1.807) is 6.07 Å². The van der Waals surface area contributed by atoms with Gasteiger partial charge in [-0.25, -0.2) is 0 Å². The van der Waals surface area contributed by atoms with Gasteiger partial charge in [0.1, 0.15) is 0 Å². The lowest BCUT2D eigenvalue weighted by molar-refractivity contribution is -0.385. The molecule has 0 spiro atoms. The molecule has 0 bridgehead atoms. The molecule has 1 aromatic carbocycles. The molecule has 1 fully saturated rings. The second-order valence-electron chi connectivity index (χ2n) is 4.50. The number of carbonyl (C=O) groups is 2. The Hall–Kier alpha value is -2.24. The standard InChI is InChI=1S/C13H14N2O4/c16-12-8-4-2-6-10(14-12)13(17)9-5-1-3-7-11(9)15(18)19/h1,3,5,7,10H,2,4,6,8H2,(H,14,16). The quantitative estimate of drug-likeness (QED) is 0.511. The molecule has 1 amide bonds. The number of hydrogen-bond acceptors (Lipinski definition) is 4. The zero-order chi connectivity index (χ0) is 13.8. The molecule has 19 heavy (non-hydrogen) atoms. The average Bonchev–Trinajstić information content (AvgIpc) is 2.62. The molecule has 1 saturated heterocycles. The van der Waals surface area contributed by atoms with Gasteiger partial charge in [-0.1, -0.05) is 18.6 Å². The minimum atomic E-state index is -0.656. The summed E-state index contributed by atoms with van der Waals surface area (Å²) in [5.74, 6) is -0.558. The van der Waals surface area contributed by atoms with Crippen molar-refractivity contribution in [2.45, 2.75) is 31.7 Å². The Kier molecular flexibility index (Phi) is 3.89. The maximum absolute atomic E-state index is 12.3. The molecular formula is C13H14N2O4. The number of nitro benzene ring substituents is 1. The maximum Gasteiger partial charge on any atom is 0.280 e.